The Kier molecular flexibility index (Phi) is 5.43. The van der Waals surface area contributed by atoms with Gasteiger partial charge in [0.25, 0.3) is 0 Å². The van der Waals surface area contributed by atoms with E-state index in [1.165, 1.54) is 22.7 Å². The summed E-state index contributed by atoms with van der Waals surface area (Å²) in [6.45, 7) is 2.57. The van der Waals surface area contributed by atoms with Crippen molar-refractivity contribution in [3.05, 3.63) is 40.9 Å². The van der Waals surface area contributed by atoms with Crippen LogP contribution in [0.3, 0.4) is 0 Å². The number of esters is 1. The lowest BCUT2D eigenvalue weighted by atomic mass is 10.0. The molecule has 2 heterocycles. The predicted molar refractivity (Wildman–Crippen MR) is 96.0 cm³/mol. The van der Waals surface area contributed by atoms with Crippen LogP contribution in [0.5, 0.6) is 0 Å². The third-order valence-electron chi connectivity index (χ3n) is 4.14. The lowest BCUT2D eigenvalue weighted by Crippen LogP contribution is -2.43. The van der Waals surface area contributed by atoms with E-state index in [2.05, 4.69) is 0 Å². The fraction of sp³-hybridized carbons (Fsp3) is 0.389. The van der Waals surface area contributed by atoms with Gasteiger partial charge in [0.05, 0.1) is 23.5 Å². The Balaban J connectivity index is 1.76. The highest BCUT2D eigenvalue weighted by Gasteiger charge is 2.32. The zero-order chi connectivity index (χ0) is 17.8. The van der Waals surface area contributed by atoms with Gasteiger partial charge >= 0.3 is 5.97 Å². The number of ether oxygens (including phenoxy) is 1. The Morgan fingerprint density at radius 3 is 2.92 bits per heavy atom. The molecule has 2 aliphatic heterocycles. The summed E-state index contributed by atoms with van der Waals surface area (Å²) in [5.41, 5.74) is 2.06. The van der Waals surface area contributed by atoms with Crippen molar-refractivity contribution in [3.8, 4) is 0 Å². The molecule has 0 aromatic heterocycles. The average Bonchev–Trinajstić information content (AvgIpc) is 2.94. The smallest absolute Gasteiger partial charge is 0.333 e. The van der Waals surface area contributed by atoms with E-state index in [1.54, 1.807) is 11.8 Å². The molecule has 0 N–H and O–H groups in total. The molecule has 0 unspecified atom stereocenters. The maximum atomic E-state index is 12.8. The van der Waals surface area contributed by atoms with Crippen molar-refractivity contribution >= 4 is 35.2 Å². The first-order chi connectivity index (χ1) is 12.1. The minimum Gasteiger partial charge on any atom is -0.463 e. The molecular weight excluding hydrogens is 340 g/mol. The van der Waals surface area contributed by atoms with Crippen LogP contribution in [-0.4, -0.2) is 48.1 Å². The maximum Gasteiger partial charge on any atom is 0.333 e. The molecule has 25 heavy (non-hydrogen) atoms. The summed E-state index contributed by atoms with van der Waals surface area (Å²) < 4.78 is 4.89. The highest BCUT2D eigenvalue weighted by Crippen LogP contribution is 2.31. The molecule has 132 valence electrons. The van der Waals surface area contributed by atoms with Crippen LogP contribution in [0, 0.1) is 0 Å². The van der Waals surface area contributed by atoms with Gasteiger partial charge in [0.1, 0.15) is 6.54 Å². The number of amides is 2. The number of benzene rings is 1. The van der Waals surface area contributed by atoms with Gasteiger partial charge in [-0.1, -0.05) is 30.0 Å². The molecule has 0 saturated carbocycles. The summed E-state index contributed by atoms with van der Waals surface area (Å²) >= 11 is 1.25. The molecule has 0 aliphatic carbocycles. The van der Waals surface area contributed by atoms with Crippen LogP contribution in [0.15, 0.2) is 35.4 Å². The molecule has 0 bridgehead atoms. The molecule has 6 nitrogen and oxygen atoms in total. The summed E-state index contributed by atoms with van der Waals surface area (Å²) in [7, 11) is 0. The van der Waals surface area contributed by atoms with Gasteiger partial charge in [-0.25, -0.2) is 4.79 Å². The Bertz CT molecular complexity index is 732. The molecule has 0 radical (unpaired) electrons. The molecule has 3 rings (SSSR count). The predicted octanol–water partition coefficient (Wildman–Crippen LogP) is 1.95. The van der Waals surface area contributed by atoms with Gasteiger partial charge in [-0.05, 0) is 31.4 Å². The van der Waals surface area contributed by atoms with Gasteiger partial charge in [-0.2, -0.15) is 0 Å². The second kappa shape index (κ2) is 7.74. The van der Waals surface area contributed by atoms with Gasteiger partial charge in [-0.15, -0.1) is 0 Å². The second-order valence-electron chi connectivity index (χ2n) is 5.78. The van der Waals surface area contributed by atoms with E-state index in [9.17, 15) is 14.4 Å². The van der Waals surface area contributed by atoms with Crippen LogP contribution >= 0.6 is 11.8 Å². The van der Waals surface area contributed by atoms with Crippen LogP contribution in [0.25, 0.3) is 0 Å². The zero-order valence-corrected chi connectivity index (χ0v) is 14.9. The van der Waals surface area contributed by atoms with Crippen molar-refractivity contribution in [2.75, 3.05) is 30.3 Å². The summed E-state index contributed by atoms with van der Waals surface area (Å²) in [6, 6.07) is 7.83. The first-order valence-corrected chi connectivity index (χ1v) is 9.28. The lowest BCUT2D eigenvalue weighted by Gasteiger charge is -2.31. The number of rotatable bonds is 4. The number of anilines is 1. The Morgan fingerprint density at radius 1 is 1.32 bits per heavy atom. The molecule has 1 aromatic rings. The number of fused-ring (bicyclic) bond motifs is 1. The standard InChI is InChI=1S/C18H20N2O4S/c1-2-24-18(23)10-17-20(16(22)12-25-17)11-15(21)19-9-5-7-13-6-3-4-8-14(13)19/h3-4,6,8,10H,2,5,7,9,11-12H2,1H3/b17-10-. The summed E-state index contributed by atoms with van der Waals surface area (Å²) in [5, 5.41) is 0.474. The van der Waals surface area contributed by atoms with Crippen molar-refractivity contribution in [1.82, 2.24) is 4.90 Å². The van der Waals surface area contributed by atoms with Gasteiger partial charge in [-0.3, -0.25) is 14.5 Å². The number of thioether (sulfide) groups is 1. The van der Waals surface area contributed by atoms with Crippen LogP contribution in [0.4, 0.5) is 5.69 Å². The van der Waals surface area contributed by atoms with Crippen molar-refractivity contribution in [1.29, 1.82) is 0 Å². The van der Waals surface area contributed by atoms with Gasteiger partial charge in [0, 0.05) is 12.2 Å². The molecule has 0 spiro atoms. The SMILES string of the molecule is CCOC(=O)/C=C1\SCC(=O)N1CC(=O)N1CCCc2ccccc21. The minimum absolute atomic E-state index is 0.0641. The first-order valence-electron chi connectivity index (χ1n) is 8.30. The van der Waals surface area contributed by atoms with E-state index >= 15 is 0 Å². The molecular formula is C18H20N2O4S. The van der Waals surface area contributed by atoms with E-state index in [0.717, 1.165) is 24.1 Å². The zero-order valence-electron chi connectivity index (χ0n) is 14.1. The summed E-state index contributed by atoms with van der Waals surface area (Å²) in [6.07, 6.45) is 3.14. The van der Waals surface area contributed by atoms with Crippen molar-refractivity contribution < 1.29 is 19.1 Å². The summed E-state index contributed by atoms with van der Waals surface area (Å²) in [4.78, 5) is 39.7. The molecule has 1 fully saturated rings. The summed E-state index contributed by atoms with van der Waals surface area (Å²) in [5.74, 6) is -0.577. The van der Waals surface area contributed by atoms with Gasteiger partial charge in [0.2, 0.25) is 11.8 Å². The molecule has 1 aromatic carbocycles. The van der Waals surface area contributed by atoms with E-state index in [0.29, 0.717) is 11.6 Å². The van der Waals surface area contributed by atoms with E-state index < -0.39 is 5.97 Å². The van der Waals surface area contributed by atoms with Crippen molar-refractivity contribution in [3.63, 3.8) is 0 Å². The third kappa shape index (κ3) is 3.87. The number of carbonyl (C=O) groups excluding carboxylic acids is 3. The number of para-hydroxylation sites is 1. The number of nitrogens with zero attached hydrogens (tertiary/aromatic N) is 2. The number of hydrogen-bond donors (Lipinski definition) is 0. The molecule has 0 atom stereocenters. The molecule has 1 saturated heterocycles. The van der Waals surface area contributed by atoms with E-state index in [-0.39, 0.29) is 30.7 Å². The normalized spacial score (nSPS) is 18.4. The topological polar surface area (TPSA) is 66.9 Å². The van der Waals surface area contributed by atoms with Crippen LogP contribution in [0.1, 0.15) is 18.9 Å². The third-order valence-corrected chi connectivity index (χ3v) is 5.17. The maximum absolute atomic E-state index is 12.8. The van der Waals surface area contributed by atoms with E-state index in [1.807, 2.05) is 24.3 Å². The highest BCUT2D eigenvalue weighted by molar-refractivity contribution is 8.04. The van der Waals surface area contributed by atoms with Crippen molar-refractivity contribution in [2.45, 2.75) is 19.8 Å². The van der Waals surface area contributed by atoms with Gasteiger partial charge in [0.15, 0.2) is 0 Å². The quantitative estimate of drug-likeness (QED) is 0.606. The van der Waals surface area contributed by atoms with Crippen LogP contribution in [0.2, 0.25) is 0 Å². The Morgan fingerprint density at radius 2 is 2.12 bits per heavy atom. The lowest BCUT2D eigenvalue weighted by molar-refractivity contribution is -0.137. The minimum atomic E-state index is -0.500. The fourth-order valence-electron chi connectivity index (χ4n) is 3.00. The molecule has 2 amide bonds. The second-order valence-corrected chi connectivity index (χ2v) is 6.78. The molecule has 2 aliphatic rings. The van der Waals surface area contributed by atoms with Crippen molar-refractivity contribution in [2.24, 2.45) is 0 Å². The van der Waals surface area contributed by atoms with E-state index in [4.69, 9.17) is 4.74 Å². The number of aryl methyl sites for hydroxylation is 1. The largest absolute Gasteiger partial charge is 0.463 e. The van der Waals surface area contributed by atoms with Crippen LogP contribution in [-0.2, 0) is 25.5 Å². The number of carbonyl (C=O) groups is 3. The monoisotopic (exact) mass is 360 g/mol. The Labute approximate surface area is 150 Å². The number of hydrogen-bond acceptors (Lipinski definition) is 5. The first kappa shape index (κ1) is 17.5. The highest BCUT2D eigenvalue weighted by atomic mass is 32.2. The Hall–Kier alpha value is -2.28. The van der Waals surface area contributed by atoms with Crippen LogP contribution < -0.4 is 4.90 Å². The van der Waals surface area contributed by atoms with Gasteiger partial charge < -0.3 is 9.64 Å². The molecule has 7 heteroatoms. The fourth-order valence-corrected chi connectivity index (χ4v) is 3.93. The average molecular weight is 360 g/mol.